The first kappa shape index (κ1) is 14.1. The number of amides is 1. The first-order chi connectivity index (χ1) is 9.11. The molecule has 3 nitrogen and oxygen atoms in total. The number of alkyl halides is 3. The Morgan fingerprint density at radius 2 is 2.21 bits per heavy atom. The van der Waals surface area contributed by atoms with E-state index in [-0.39, 0.29) is 23.1 Å². The van der Waals surface area contributed by atoms with Crippen molar-refractivity contribution >= 4 is 17.5 Å². The van der Waals surface area contributed by atoms with E-state index in [4.69, 9.17) is 11.6 Å². The van der Waals surface area contributed by atoms with Crippen LogP contribution in [0, 0.1) is 5.92 Å². The molecule has 1 unspecified atom stereocenters. The summed E-state index contributed by atoms with van der Waals surface area (Å²) in [7, 11) is 0. The quantitative estimate of drug-likeness (QED) is 0.798. The second kappa shape index (κ2) is 6.19. The van der Waals surface area contributed by atoms with Crippen molar-refractivity contribution in [2.45, 2.75) is 13.0 Å². The van der Waals surface area contributed by atoms with E-state index in [0.717, 1.165) is 6.42 Å². The summed E-state index contributed by atoms with van der Waals surface area (Å²) in [6.45, 7) is -1.78. The van der Waals surface area contributed by atoms with Crippen LogP contribution in [-0.4, -0.2) is 36.4 Å². The molecule has 1 aromatic rings. The zero-order chi connectivity index (χ0) is 13.8. The summed E-state index contributed by atoms with van der Waals surface area (Å²) >= 11 is 5.76. The van der Waals surface area contributed by atoms with Gasteiger partial charge in [0.15, 0.2) is 0 Å². The summed E-state index contributed by atoms with van der Waals surface area (Å²) < 4.78 is 29.0. The lowest BCUT2D eigenvalue weighted by molar-refractivity contribution is -0.0502. The monoisotopic (exact) mass is 289 g/mol. The molecule has 104 valence electrons. The van der Waals surface area contributed by atoms with Gasteiger partial charge in [0.25, 0.3) is 5.91 Å². The molecule has 1 aliphatic rings. The van der Waals surface area contributed by atoms with Crippen LogP contribution >= 0.6 is 11.6 Å². The molecule has 0 radical (unpaired) electrons. The predicted octanol–water partition coefficient (Wildman–Crippen LogP) is 2.99. The lowest BCUT2D eigenvalue weighted by atomic mass is 10.1. The van der Waals surface area contributed by atoms with Crippen LogP contribution in [-0.2, 0) is 0 Å². The fourth-order valence-corrected chi connectivity index (χ4v) is 2.41. The summed E-state index contributed by atoms with van der Waals surface area (Å²) in [5.74, 6) is 0.397. The molecule has 0 N–H and O–H groups in total. The van der Waals surface area contributed by atoms with Gasteiger partial charge in [0.2, 0.25) is 0 Å². The molecule has 1 atom stereocenters. The Balaban J connectivity index is 2.15. The highest BCUT2D eigenvalue weighted by Crippen LogP contribution is 2.25. The van der Waals surface area contributed by atoms with Gasteiger partial charge in [0.1, 0.15) is 5.75 Å². The van der Waals surface area contributed by atoms with E-state index in [0.29, 0.717) is 19.0 Å². The normalized spacial score (nSPS) is 18.9. The first-order valence-electron chi connectivity index (χ1n) is 6.01. The molecule has 1 aliphatic heterocycles. The summed E-state index contributed by atoms with van der Waals surface area (Å²) in [6, 6.07) is 6.04. The molecule has 1 amide bonds. The van der Waals surface area contributed by atoms with Gasteiger partial charge in [0.05, 0.1) is 5.56 Å². The second-order valence-electron chi connectivity index (χ2n) is 4.43. The van der Waals surface area contributed by atoms with Crippen molar-refractivity contribution in [1.82, 2.24) is 4.90 Å². The number of benzene rings is 1. The van der Waals surface area contributed by atoms with E-state index < -0.39 is 6.61 Å². The smallest absolute Gasteiger partial charge is 0.387 e. The van der Waals surface area contributed by atoms with Crippen molar-refractivity contribution in [3.63, 3.8) is 0 Å². The number of halogens is 3. The number of nitrogens with zero attached hydrogens (tertiary/aromatic N) is 1. The van der Waals surface area contributed by atoms with Crippen LogP contribution in [0.1, 0.15) is 16.8 Å². The van der Waals surface area contributed by atoms with E-state index >= 15 is 0 Å². The number of likely N-dealkylation sites (tertiary alicyclic amines) is 1. The molecule has 1 heterocycles. The predicted molar refractivity (Wildman–Crippen MR) is 67.8 cm³/mol. The minimum absolute atomic E-state index is 0.0863. The van der Waals surface area contributed by atoms with E-state index in [1.54, 1.807) is 17.0 Å². The number of carbonyl (C=O) groups is 1. The highest BCUT2D eigenvalue weighted by Gasteiger charge is 2.28. The fourth-order valence-electron chi connectivity index (χ4n) is 2.16. The zero-order valence-electron chi connectivity index (χ0n) is 10.2. The van der Waals surface area contributed by atoms with Crippen LogP contribution < -0.4 is 4.74 Å². The Hall–Kier alpha value is -1.36. The van der Waals surface area contributed by atoms with E-state index in [1.807, 2.05) is 0 Å². The molecule has 6 heteroatoms. The van der Waals surface area contributed by atoms with Crippen LogP contribution in [0.15, 0.2) is 24.3 Å². The maximum absolute atomic E-state index is 12.3. The Morgan fingerprint density at radius 3 is 2.84 bits per heavy atom. The molecule has 0 spiro atoms. The van der Waals surface area contributed by atoms with Crippen LogP contribution in [0.2, 0.25) is 0 Å². The summed E-state index contributed by atoms with van der Waals surface area (Å²) in [5.41, 5.74) is 0.165. The third-order valence-electron chi connectivity index (χ3n) is 3.12. The minimum atomic E-state index is -2.94. The second-order valence-corrected chi connectivity index (χ2v) is 4.74. The average Bonchev–Trinajstić information content (AvgIpc) is 2.86. The molecule has 2 rings (SSSR count). The lowest BCUT2D eigenvalue weighted by Crippen LogP contribution is -2.29. The Morgan fingerprint density at radius 1 is 1.47 bits per heavy atom. The highest BCUT2D eigenvalue weighted by molar-refractivity contribution is 6.18. The number of ether oxygens (including phenoxy) is 1. The van der Waals surface area contributed by atoms with Gasteiger partial charge in [-0.05, 0) is 24.5 Å². The summed E-state index contributed by atoms with van der Waals surface area (Å²) in [6.07, 6.45) is 0.840. The van der Waals surface area contributed by atoms with Crippen LogP contribution in [0.3, 0.4) is 0 Å². The summed E-state index contributed by atoms with van der Waals surface area (Å²) in [4.78, 5) is 13.9. The van der Waals surface area contributed by atoms with Crippen molar-refractivity contribution in [2.24, 2.45) is 5.92 Å². The first-order valence-corrected chi connectivity index (χ1v) is 6.54. The van der Waals surface area contributed by atoms with Crippen LogP contribution in [0.5, 0.6) is 5.75 Å². The van der Waals surface area contributed by atoms with Crippen molar-refractivity contribution < 1.29 is 18.3 Å². The van der Waals surface area contributed by atoms with Crippen molar-refractivity contribution in [1.29, 1.82) is 0 Å². The third-order valence-corrected chi connectivity index (χ3v) is 3.56. The van der Waals surface area contributed by atoms with Gasteiger partial charge in [-0.15, -0.1) is 11.6 Å². The van der Waals surface area contributed by atoms with Crippen LogP contribution in [0.25, 0.3) is 0 Å². The Bertz CT molecular complexity index is 456. The van der Waals surface area contributed by atoms with Gasteiger partial charge < -0.3 is 9.64 Å². The molecule has 0 aromatic heterocycles. The number of carbonyl (C=O) groups excluding carboxylic acids is 1. The topological polar surface area (TPSA) is 29.5 Å². The van der Waals surface area contributed by atoms with E-state index in [2.05, 4.69) is 4.74 Å². The zero-order valence-corrected chi connectivity index (χ0v) is 10.9. The molecule has 1 fully saturated rings. The van der Waals surface area contributed by atoms with Gasteiger partial charge in [0, 0.05) is 19.0 Å². The van der Waals surface area contributed by atoms with Gasteiger partial charge >= 0.3 is 6.61 Å². The minimum Gasteiger partial charge on any atom is -0.434 e. The number of para-hydroxylation sites is 1. The lowest BCUT2D eigenvalue weighted by Gasteiger charge is -2.18. The van der Waals surface area contributed by atoms with Gasteiger partial charge in [-0.3, -0.25) is 4.79 Å². The SMILES string of the molecule is O=C(c1ccccc1OC(F)F)N1CCC(CCl)C1. The van der Waals surface area contributed by atoms with Crippen molar-refractivity contribution in [3.05, 3.63) is 29.8 Å². The highest BCUT2D eigenvalue weighted by atomic mass is 35.5. The van der Waals surface area contributed by atoms with E-state index in [1.165, 1.54) is 12.1 Å². The Kier molecular flexibility index (Phi) is 4.58. The molecular weight excluding hydrogens is 276 g/mol. The molecule has 0 bridgehead atoms. The maximum Gasteiger partial charge on any atom is 0.387 e. The standard InChI is InChI=1S/C13H14ClF2NO2/c14-7-9-5-6-17(8-9)12(18)10-3-1-2-4-11(10)19-13(15)16/h1-4,9,13H,5-8H2. The van der Waals surface area contributed by atoms with Crippen molar-refractivity contribution in [3.8, 4) is 5.75 Å². The Labute approximate surface area is 115 Å². The molecular formula is C13H14ClF2NO2. The van der Waals surface area contributed by atoms with Gasteiger partial charge in [-0.25, -0.2) is 0 Å². The molecule has 1 aromatic carbocycles. The third kappa shape index (κ3) is 3.35. The van der Waals surface area contributed by atoms with Gasteiger partial charge in [-0.1, -0.05) is 12.1 Å². The maximum atomic E-state index is 12.3. The molecule has 0 aliphatic carbocycles. The summed E-state index contributed by atoms with van der Waals surface area (Å²) in [5, 5.41) is 0. The largest absolute Gasteiger partial charge is 0.434 e. The number of hydrogen-bond donors (Lipinski definition) is 0. The fraction of sp³-hybridized carbons (Fsp3) is 0.462. The van der Waals surface area contributed by atoms with E-state index in [9.17, 15) is 13.6 Å². The average molecular weight is 290 g/mol. The molecule has 1 saturated heterocycles. The number of rotatable bonds is 4. The number of hydrogen-bond acceptors (Lipinski definition) is 2. The molecule has 0 saturated carbocycles. The van der Waals surface area contributed by atoms with Gasteiger partial charge in [-0.2, -0.15) is 8.78 Å². The van der Waals surface area contributed by atoms with Crippen molar-refractivity contribution in [2.75, 3.05) is 19.0 Å². The van der Waals surface area contributed by atoms with Crippen LogP contribution in [0.4, 0.5) is 8.78 Å². The molecule has 19 heavy (non-hydrogen) atoms.